The molecule has 3 rings (SSSR count). The third-order valence-electron chi connectivity index (χ3n) is 3.89. The molecule has 1 fully saturated rings. The Morgan fingerprint density at radius 3 is 2.66 bits per heavy atom. The van der Waals surface area contributed by atoms with Crippen LogP contribution in [0.3, 0.4) is 0 Å². The number of halogens is 2. The van der Waals surface area contributed by atoms with Crippen LogP contribution in [0.2, 0.25) is 10.0 Å². The highest BCUT2D eigenvalue weighted by molar-refractivity contribution is 8.26. The lowest BCUT2D eigenvalue weighted by molar-refractivity contribution is -0.115. The summed E-state index contributed by atoms with van der Waals surface area (Å²) >= 11 is 18.6. The maximum Gasteiger partial charge on any atom is 0.263 e. The van der Waals surface area contributed by atoms with Gasteiger partial charge in [0, 0.05) is 10.6 Å². The molecule has 0 atom stereocenters. The first-order chi connectivity index (χ1) is 14.0. The predicted octanol–water partition coefficient (Wildman–Crippen LogP) is 5.67. The van der Waals surface area contributed by atoms with E-state index in [1.165, 1.54) is 11.8 Å². The second-order valence-corrected chi connectivity index (χ2v) is 8.52. The number of carbonyl (C=O) groups excluding carboxylic acids is 1. The summed E-state index contributed by atoms with van der Waals surface area (Å²) < 4.78 is 12.1. The zero-order valence-electron chi connectivity index (χ0n) is 15.2. The van der Waals surface area contributed by atoms with Crippen LogP contribution in [0, 0.1) is 0 Å². The number of carbonyl (C=O) groups is 1. The molecule has 4 nitrogen and oxygen atoms in total. The number of hydrogen-bond acceptors (Lipinski definition) is 5. The van der Waals surface area contributed by atoms with Gasteiger partial charge in [-0.15, -0.1) is 6.58 Å². The van der Waals surface area contributed by atoms with E-state index in [2.05, 4.69) is 11.9 Å². The van der Waals surface area contributed by atoms with Crippen molar-refractivity contribution < 1.29 is 14.3 Å². The number of thiocarbonyl (C=S) groups is 1. The van der Waals surface area contributed by atoms with Crippen LogP contribution >= 0.6 is 47.2 Å². The Labute approximate surface area is 188 Å². The molecule has 1 heterocycles. The number of allylic oxidation sites excluding steroid dienone is 1. The van der Waals surface area contributed by atoms with Gasteiger partial charge in [0.1, 0.15) is 29.0 Å². The molecule has 0 radical (unpaired) electrons. The number of nitrogens with one attached hydrogen (secondary N) is 1. The van der Waals surface area contributed by atoms with Gasteiger partial charge in [-0.05, 0) is 36.3 Å². The van der Waals surface area contributed by atoms with Gasteiger partial charge in [-0.1, -0.05) is 71.5 Å². The lowest BCUT2D eigenvalue weighted by atomic mass is 10.1. The van der Waals surface area contributed by atoms with E-state index in [0.717, 1.165) is 17.7 Å². The van der Waals surface area contributed by atoms with Gasteiger partial charge in [0.2, 0.25) is 0 Å². The lowest BCUT2D eigenvalue weighted by Crippen LogP contribution is -2.17. The molecule has 1 aliphatic rings. The van der Waals surface area contributed by atoms with Crippen molar-refractivity contribution in [3.8, 4) is 11.5 Å². The quantitative estimate of drug-likeness (QED) is 0.235. The van der Waals surface area contributed by atoms with Gasteiger partial charge in [-0.2, -0.15) is 0 Å². The number of benzene rings is 2. The summed E-state index contributed by atoms with van der Waals surface area (Å²) in [5.41, 5.74) is 1.65. The highest BCUT2D eigenvalue weighted by atomic mass is 35.5. The number of rotatable bonds is 8. The average Bonchev–Trinajstić information content (AvgIpc) is 2.98. The molecule has 1 saturated heterocycles. The fourth-order valence-corrected chi connectivity index (χ4v) is 4.26. The van der Waals surface area contributed by atoms with Crippen molar-refractivity contribution in [1.82, 2.24) is 5.32 Å². The summed E-state index contributed by atoms with van der Waals surface area (Å²) in [7, 11) is 0. The summed E-state index contributed by atoms with van der Waals surface area (Å²) in [5, 5.41) is 3.36. The summed E-state index contributed by atoms with van der Waals surface area (Å²) in [6.07, 6.45) is 4.21. The van der Waals surface area contributed by atoms with Crippen molar-refractivity contribution in [3.63, 3.8) is 0 Å². The summed E-state index contributed by atoms with van der Waals surface area (Å²) in [5.74, 6) is 0.954. The topological polar surface area (TPSA) is 47.6 Å². The molecular formula is C21H17Cl2NO3S2. The van der Waals surface area contributed by atoms with Crippen molar-refractivity contribution in [1.29, 1.82) is 0 Å². The van der Waals surface area contributed by atoms with Crippen LogP contribution in [0.1, 0.15) is 11.1 Å². The third-order valence-corrected chi connectivity index (χ3v) is 5.55. The summed E-state index contributed by atoms with van der Waals surface area (Å²) in [6.45, 7) is 4.35. The van der Waals surface area contributed by atoms with Gasteiger partial charge in [0.15, 0.2) is 0 Å². The van der Waals surface area contributed by atoms with Gasteiger partial charge in [0.05, 0.1) is 9.93 Å². The van der Waals surface area contributed by atoms with Gasteiger partial charge in [0.25, 0.3) is 5.91 Å². The molecule has 2 aromatic rings. The molecule has 29 heavy (non-hydrogen) atoms. The smallest absolute Gasteiger partial charge is 0.263 e. The fourth-order valence-electron chi connectivity index (χ4n) is 2.67. The summed E-state index contributed by atoms with van der Waals surface area (Å²) in [6, 6.07) is 11.0. The Kier molecular flexibility index (Phi) is 7.61. The molecular weight excluding hydrogens is 449 g/mol. The molecule has 1 amide bonds. The van der Waals surface area contributed by atoms with E-state index in [4.69, 9.17) is 44.9 Å². The van der Waals surface area contributed by atoms with Crippen LogP contribution in [0.5, 0.6) is 11.5 Å². The highest BCUT2D eigenvalue weighted by Crippen LogP contribution is 2.36. The minimum atomic E-state index is -0.260. The Balaban J connectivity index is 1.71. The molecule has 0 aromatic heterocycles. The van der Waals surface area contributed by atoms with Crippen molar-refractivity contribution in [2.24, 2.45) is 0 Å². The van der Waals surface area contributed by atoms with Crippen LogP contribution in [0.4, 0.5) is 0 Å². The number of para-hydroxylation sites is 1. The van der Waals surface area contributed by atoms with Crippen molar-refractivity contribution in [3.05, 3.63) is 75.1 Å². The van der Waals surface area contributed by atoms with E-state index in [1.54, 1.807) is 18.2 Å². The van der Waals surface area contributed by atoms with E-state index in [1.807, 2.05) is 30.3 Å². The molecule has 1 N–H and O–H groups in total. The first-order valence-corrected chi connectivity index (χ1v) is 10.6. The number of thioether (sulfide) groups is 1. The standard InChI is InChI=1S/C21H17Cl2NO3S2/c1-2-5-13-6-3-4-7-17(13)26-8-9-27-19-14(10-15(22)12-16(19)23)11-18-20(25)24-21(28)29-18/h2-4,6-7,10-12H,1,5,8-9H2,(H,24,25,28)/b18-11+. The molecule has 2 aromatic carbocycles. The molecule has 0 saturated carbocycles. The van der Waals surface area contributed by atoms with Crippen LogP contribution in [-0.4, -0.2) is 23.4 Å². The largest absolute Gasteiger partial charge is 0.490 e. The minimum absolute atomic E-state index is 0.260. The predicted molar refractivity (Wildman–Crippen MR) is 124 cm³/mol. The third kappa shape index (κ3) is 5.76. The molecule has 0 spiro atoms. The highest BCUT2D eigenvalue weighted by Gasteiger charge is 2.23. The Morgan fingerprint density at radius 1 is 1.17 bits per heavy atom. The Morgan fingerprint density at radius 2 is 1.93 bits per heavy atom. The zero-order chi connectivity index (χ0) is 20.8. The summed E-state index contributed by atoms with van der Waals surface area (Å²) in [4.78, 5) is 12.4. The van der Waals surface area contributed by atoms with Crippen LogP contribution < -0.4 is 14.8 Å². The number of amides is 1. The zero-order valence-corrected chi connectivity index (χ0v) is 18.4. The number of ether oxygens (including phenoxy) is 2. The first kappa shape index (κ1) is 21.7. The molecule has 0 unspecified atom stereocenters. The lowest BCUT2D eigenvalue weighted by Gasteiger charge is -2.14. The first-order valence-electron chi connectivity index (χ1n) is 8.66. The second kappa shape index (κ2) is 10.2. The molecule has 0 aliphatic carbocycles. The SMILES string of the molecule is C=CCc1ccccc1OCCOc1c(Cl)cc(Cl)cc1/C=C1/SC(=S)NC1=O. The van der Waals surface area contributed by atoms with Gasteiger partial charge in [-0.3, -0.25) is 4.79 Å². The normalized spacial score (nSPS) is 14.8. The average molecular weight is 466 g/mol. The van der Waals surface area contributed by atoms with E-state index < -0.39 is 0 Å². The maximum atomic E-state index is 12.0. The monoisotopic (exact) mass is 465 g/mol. The molecule has 8 heteroatoms. The van der Waals surface area contributed by atoms with Crippen molar-refractivity contribution in [2.45, 2.75) is 6.42 Å². The molecule has 150 valence electrons. The Hall–Kier alpha value is -1.99. The van der Waals surface area contributed by atoms with E-state index in [-0.39, 0.29) is 12.5 Å². The van der Waals surface area contributed by atoms with Gasteiger partial charge >= 0.3 is 0 Å². The fraction of sp³-hybridized carbons (Fsp3) is 0.143. The maximum absolute atomic E-state index is 12.0. The second-order valence-electron chi connectivity index (χ2n) is 5.96. The van der Waals surface area contributed by atoms with Gasteiger partial charge < -0.3 is 14.8 Å². The van der Waals surface area contributed by atoms with Crippen LogP contribution in [-0.2, 0) is 11.2 Å². The molecule has 1 aliphatic heterocycles. The molecule has 0 bridgehead atoms. The number of hydrogen-bond donors (Lipinski definition) is 1. The van der Waals surface area contributed by atoms with E-state index in [0.29, 0.717) is 37.2 Å². The Bertz CT molecular complexity index is 992. The van der Waals surface area contributed by atoms with E-state index in [9.17, 15) is 4.79 Å². The van der Waals surface area contributed by atoms with Gasteiger partial charge in [-0.25, -0.2) is 0 Å². The van der Waals surface area contributed by atoms with Crippen molar-refractivity contribution >= 4 is 63.5 Å². The van der Waals surface area contributed by atoms with Crippen molar-refractivity contribution in [2.75, 3.05) is 13.2 Å². The minimum Gasteiger partial charge on any atom is -0.490 e. The van der Waals surface area contributed by atoms with Crippen LogP contribution in [0.25, 0.3) is 6.08 Å². The van der Waals surface area contributed by atoms with E-state index >= 15 is 0 Å². The van der Waals surface area contributed by atoms with Crippen LogP contribution in [0.15, 0.2) is 54.0 Å².